The van der Waals surface area contributed by atoms with E-state index < -0.39 is 0 Å². The van der Waals surface area contributed by atoms with E-state index in [-0.39, 0.29) is 17.2 Å². The van der Waals surface area contributed by atoms with Gasteiger partial charge in [-0.25, -0.2) is 24.9 Å². The normalized spacial score (nSPS) is 11.0. The van der Waals surface area contributed by atoms with Gasteiger partial charge in [0.1, 0.15) is 40.6 Å². The smallest absolute Gasteiger partial charge is 0.137 e. The van der Waals surface area contributed by atoms with Gasteiger partial charge in [-0.3, -0.25) is 0 Å². The minimum atomic E-state index is 0.251. The lowest BCUT2D eigenvalue weighted by Gasteiger charge is -2.06. The third-order valence-electron chi connectivity index (χ3n) is 16.8. The maximum absolute atomic E-state index is 10.5. The van der Waals surface area contributed by atoms with Gasteiger partial charge in [-0.1, -0.05) is 157 Å². The van der Waals surface area contributed by atoms with E-state index in [1.165, 1.54) is 22.1 Å². The number of phenolic OH excluding ortho intramolecular Hbond substituents is 3. The number of aromatic hydroxyl groups is 3. The third-order valence-corrected chi connectivity index (χ3v) is 16.8. The number of hydrogen-bond donors (Lipinski definition) is 3. The number of aromatic nitrogens is 10. The summed E-state index contributed by atoms with van der Waals surface area (Å²) in [6, 6.07) is 85.8. The molecule has 0 saturated heterocycles. The van der Waals surface area contributed by atoms with Crippen molar-refractivity contribution < 1.29 is 20.1 Å². The molecule has 0 unspecified atom stereocenters. The highest BCUT2D eigenvalue weighted by Crippen LogP contribution is 2.38. The molecular weight excluding hydrogens is 1200 g/mol. The second kappa shape index (κ2) is 27.6. The van der Waals surface area contributed by atoms with E-state index in [4.69, 9.17) is 4.74 Å². The molecule has 0 fully saturated rings. The van der Waals surface area contributed by atoms with Crippen molar-refractivity contribution in [2.45, 2.75) is 20.8 Å². The SMILES string of the molecule is CCOc1ccc(-c2cn3ccccc3n2)cc1.Cc1ccc(-c2ccc(-c3cn4ccccc4n3)cc2)cc1.Cc1cccc2c(-c3ccccc3O)ncn12.Oc1c(-c2ncn3ccccc23)ccc2ccccc12.Oc1ccccc1-c1ncn2cc3ccccc3cc12. The number of hydrogen-bond acceptors (Lipinski definition) is 9. The van der Waals surface area contributed by atoms with Gasteiger partial charge in [0.15, 0.2) is 0 Å². The Hall–Kier alpha value is -13.1. The number of aryl methyl sites for hydroxylation is 2. The Balaban J connectivity index is 0.000000104. The minimum absolute atomic E-state index is 0.251. The van der Waals surface area contributed by atoms with Crippen molar-refractivity contribution in [1.29, 1.82) is 0 Å². The number of benzene rings is 8. The fourth-order valence-corrected chi connectivity index (χ4v) is 11.8. The number of ether oxygens (including phenoxy) is 1. The van der Waals surface area contributed by atoms with Crippen LogP contribution in [0.4, 0.5) is 0 Å². The molecule has 0 amide bonds. The maximum Gasteiger partial charge on any atom is 0.137 e. The Kier molecular flexibility index (Phi) is 17.5. The minimum Gasteiger partial charge on any atom is -0.507 e. The highest BCUT2D eigenvalue weighted by Gasteiger charge is 2.16. The summed E-state index contributed by atoms with van der Waals surface area (Å²) in [5, 5.41) is 34.6. The second-order valence-corrected chi connectivity index (χ2v) is 23.2. The molecule has 14 heteroatoms. The molecule has 10 aromatic heterocycles. The van der Waals surface area contributed by atoms with E-state index in [0.717, 1.165) is 112 Å². The summed E-state index contributed by atoms with van der Waals surface area (Å²) in [5.74, 6) is 1.69. The Morgan fingerprint density at radius 1 is 0.371 bits per heavy atom. The third kappa shape index (κ3) is 13.2. The summed E-state index contributed by atoms with van der Waals surface area (Å²) in [4.78, 5) is 22.5. The molecule has 18 rings (SSSR count). The van der Waals surface area contributed by atoms with Crippen LogP contribution < -0.4 is 4.74 Å². The number of phenols is 3. The fraction of sp³-hybridized carbons (Fsp3) is 0.0482. The largest absolute Gasteiger partial charge is 0.507 e. The van der Waals surface area contributed by atoms with Gasteiger partial charge in [-0.05, 0) is 157 Å². The molecule has 3 N–H and O–H groups in total. The Bertz CT molecular complexity index is 5680. The number of rotatable bonds is 8. The predicted molar refractivity (Wildman–Crippen MR) is 389 cm³/mol. The van der Waals surface area contributed by atoms with Gasteiger partial charge in [-0.15, -0.1) is 0 Å². The Morgan fingerprint density at radius 2 is 0.866 bits per heavy atom. The molecule has 0 spiro atoms. The van der Waals surface area contributed by atoms with Crippen LogP contribution >= 0.6 is 0 Å². The van der Waals surface area contributed by atoms with Crippen molar-refractivity contribution in [3.8, 4) is 90.4 Å². The molecule has 0 aliphatic heterocycles. The van der Waals surface area contributed by atoms with Crippen molar-refractivity contribution in [1.82, 2.24) is 46.9 Å². The zero-order chi connectivity index (χ0) is 66.2. The van der Waals surface area contributed by atoms with Crippen LogP contribution in [0.15, 0.2) is 317 Å². The van der Waals surface area contributed by atoms with E-state index in [2.05, 4.69) is 111 Å². The first-order valence-corrected chi connectivity index (χ1v) is 31.9. The molecule has 0 bridgehead atoms. The number of imidazole rings is 5. The zero-order valence-electron chi connectivity index (χ0n) is 53.5. The molecule has 0 radical (unpaired) electrons. The Morgan fingerprint density at radius 3 is 1.49 bits per heavy atom. The van der Waals surface area contributed by atoms with Gasteiger partial charge >= 0.3 is 0 Å². The molecule has 97 heavy (non-hydrogen) atoms. The first-order valence-electron chi connectivity index (χ1n) is 31.9. The standard InChI is InChI=1S/C20H16N2.2C17H12N2O.C15H14N2O.C14H12N2O/c1-15-5-7-16(8-6-15)17-9-11-18(12-10-17)19-14-22-13-3-2-4-20(22)21-19;20-17-13-6-2-1-5-12(13)8-9-14(17)16-15-7-3-4-10-19(15)11-18-16;20-16-8-4-3-7-14(16)17-15-9-12-5-1-2-6-13(12)10-19(15)11-18-17;1-2-18-13-8-6-12(7-9-13)14-11-17-10-4-3-5-15(17)16-14;1-10-5-4-7-12-14(15-9-16(10)12)11-6-2-3-8-13(11)17/h2-14H,1H3;2*1-11,20H;3-11H,2H2,1H3;2-9,17H,1H3. The Labute approximate surface area is 559 Å². The molecule has 18 aromatic rings. The van der Waals surface area contributed by atoms with Crippen molar-refractivity contribution in [3.63, 3.8) is 0 Å². The van der Waals surface area contributed by atoms with Gasteiger partial charge in [0.2, 0.25) is 0 Å². The predicted octanol–water partition coefficient (Wildman–Crippen LogP) is 19.1. The van der Waals surface area contributed by atoms with Crippen LogP contribution in [-0.4, -0.2) is 68.8 Å². The van der Waals surface area contributed by atoms with Gasteiger partial charge in [-0.2, -0.15) is 0 Å². The zero-order valence-corrected chi connectivity index (χ0v) is 53.5. The first-order chi connectivity index (χ1) is 47.6. The van der Waals surface area contributed by atoms with E-state index >= 15 is 0 Å². The molecule has 472 valence electrons. The summed E-state index contributed by atoms with van der Waals surface area (Å²) in [5.41, 5.74) is 18.7. The topological polar surface area (TPSA) is 156 Å². The van der Waals surface area contributed by atoms with Crippen LogP contribution in [0.5, 0.6) is 23.0 Å². The van der Waals surface area contributed by atoms with Crippen molar-refractivity contribution >= 4 is 49.4 Å². The van der Waals surface area contributed by atoms with Crippen molar-refractivity contribution in [2.24, 2.45) is 0 Å². The van der Waals surface area contributed by atoms with E-state index in [0.29, 0.717) is 6.61 Å². The molecule has 0 aliphatic rings. The molecule has 8 aromatic carbocycles. The van der Waals surface area contributed by atoms with Gasteiger partial charge in [0, 0.05) is 76.1 Å². The summed E-state index contributed by atoms with van der Waals surface area (Å²) in [6.07, 6.45) is 17.5. The van der Waals surface area contributed by atoms with Crippen LogP contribution in [-0.2, 0) is 0 Å². The van der Waals surface area contributed by atoms with Gasteiger partial charge in [0.25, 0.3) is 0 Å². The highest BCUT2D eigenvalue weighted by atomic mass is 16.5. The van der Waals surface area contributed by atoms with Crippen LogP contribution in [0.25, 0.3) is 117 Å². The van der Waals surface area contributed by atoms with Gasteiger partial charge in [0.05, 0.1) is 64.3 Å². The second-order valence-electron chi connectivity index (χ2n) is 23.2. The summed E-state index contributed by atoms with van der Waals surface area (Å²) in [6.45, 7) is 6.81. The fourth-order valence-electron chi connectivity index (χ4n) is 11.8. The maximum atomic E-state index is 10.5. The molecule has 10 heterocycles. The molecular formula is C83H66N10O4. The molecule has 14 nitrogen and oxygen atoms in total. The number of pyridine rings is 5. The molecule has 0 aliphatic carbocycles. The van der Waals surface area contributed by atoms with E-state index in [1.807, 2.05) is 243 Å². The molecule has 0 saturated carbocycles. The lowest BCUT2D eigenvalue weighted by atomic mass is 10.0. The lowest BCUT2D eigenvalue weighted by Crippen LogP contribution is -1.90. The summed E-state index contributed by atoms with van der Waals surface area (Å²) >= 11 is 0. The van der Waals surface area contributed by atoms with Crippen LogP contribution in [0.1, 0.15) is 18.2 Å². The average molecular weight is 1270 g/mol. The lowest BCUT2D eigenvalue weighted by molar-refractivity contribution is 0.340. The number of nitrogens with zero attached hydrogens (tertiary/aromatic N) is 10. The average Bonchev–Trinajstić information content (AvgIpc) is 1.79. The van der Waals surface area contributed by atoms with E-state index in [1.54, 1.807) is 31.1 Å². The first kappa shape index (κ1) is 61.4. The van der Waals surface area contributed by atoms with Crippen LogP contribution in [0, 0.1) is 13.8 Å². The van der Waals surface area contributed by atoms with Crippen molar-refractivity contribution in [2.75, 3.05) is 6.61 Å². The quantitative estimate of drug-likeness (QED) is 0.135. The monoisotopic (exact) mass is 1270 g/mol. The van der Waals surface area contributed by atoms with Crippen LogP contribution in [0.3, 0.4) is 0 Å². The number of para-hydroxylation sites is 2. The molecule has 0 atom stereocenters. The van der Waals surface area contributed by atoms with E-state index in [9.17, 15) is 15.3 Å². The number of fused-ring (bicyclic) bond motifs is 7. The van der Waals surface area contributed by atoms with Gasteiger partial charge < -0.3 is 42.1 Å². The van der Waals surface area contributed by atoms with Crippen molar-refractivity contribution in [3.05, 3.63) is 328 Å². The van der Waals surface area contributed by atoms with Crippen LogP contribution in [0.2, 0.25) is 0 Å². The summed E-state index contributed by atoms with van der Waals surface area (Å²) in [7, 11) is 0. The highest BCUT2D eigenvalue weighted by molar-refractivity contribution is 5.97. The summed E-state index contributed by atoms with van der Waals surface area (Å²) < 4.78 is 15.4.